The molecule has 1 amide bonds. The topological polar surface area (TPSA) is 69.2 Å². The van der Waals surface area contributed by atoms with Crippen LogP contribution in [0.4, 0.5) is 0 Å². The lowest BCUT2D eigenvalue weighted by molar-refractivity contribution is 0.0730. The Morgan fingerprint density at radius 2 is 1.66 bits per heavy atom. The number of amides is 1. The van der Waals surface area contributed by atoms with E-state index in [1.165, 1.54) is 5.56 Å². The molecule has 0 bridgehead atoms. The van der Waals surface area contributed by atoms with Gasteiger partial charge in [0.1, 0.15) is 17.1 Å². The number of nitrogens with one attached hydrogen (secondary N) is 1. The van der Waals surface area contributed by atoms with Gasteiger partial charge in [-0.05, 0) is 43.2 Å². The lowest BCUT2D eigenvalue weighted by Gasteiger charge is -2.27. The smallest absolute Gasteiger partial charge is 0.273 e. The van der Waals surface area contributed by atoms with Crippen LogP contribution in [0.3, 0.4) is 0 Å². The van der Waals surface area contributed by atoms with E-state index in [9.17, 15) is 9.90 Å². The highest BCUT2D eigenvalue weighted by Gasteiger charge is 2.42. The molecule has 1 aromatic heterocycles. The summed E-state index contributed by atoms with van der Waals surface area (Å²) < 4.78 is 0. The van der Waals surface area contributed by atoms with Crippen molar-refractivity contribution in [3.05, 3.63) is 105 Å². The molecule has 1 aliphatic heterocycles. The highest BCUT2D eigenvalue weighted by Crippen LogP contribution is 2.45. The summed E-state index contributed by atoms with van der Waals surface area (Å²) >= 11 is 6.21. The third-order valence-corrected chi connectivity index (χ3v) is 6.18. The molecule has 0 fully saturated rings. The van der Waals surface area contributed by atoms with Crippen molar-refractivity contribution in [2.75, 3.05) is 0 Å². The monoisotopic (exact) mass is 443 g/mol. The first-order chi connectivity index (χ1) is 15.4. The second-order valence-corrected chi connectivity index (χ2v) is 8.69. The number of aryl methyl sites for hydroxylation is 2. The van der Waals surface area contributed by atoms with Gasteiger partial charge in [-0.1, -0.05) is 71.3 Å². The molecule has 0 saturated heterocycles. The first kappa shape index (κ1) is 20.3. The van der Waals surface area contributed by atoms with Gasteiger partial charge in [-0.2, -0.15) is 5.10 Å². The average Bonchev–Trinajstić information content (AvgIpc) is 3.32. The van der Waals surface area contributed by atoms with Crippen molar-refractivity contribution >= 4 is 17.5 Å². The number of halogens is 1. The molecule has 0 saturated carbocycles. The van der Waals surface area contributed by atoms with Crippen LogP contribution in [-0.4, -0.2) is 26.1 Å². The second-order valence-electron chi connectivity index (χ2n) is 8.25. The van der Waals surface area contributed by atoms with Crippen molar-refractivity contribution in [3.63, 3.8) is 0 Å². The van der Waals surface area contributed by atoms with Crippen LogP contribution in [0, 0.1) is 13.8 Å². The minimum atomic E-state index is -0.341. The minimum absolute atomic E-state index is 0.0655. The van der Waals surface area contributed by atoms with Crippen molar-refractivity contribution in [1.29, 1.82) is 0 Å². The van der Waals surface area contributed by atoms with Gasteiger partial charge in [-0.15, -0.1) is 0 Å². The number of aromatic hydroxyl groups is 1. The number of nitrogens with zero attached hydrogens (tertiary/aromatic N) is 2. The standard InChI is InChI=1S/C26H22ClN3O2/c1-15-3-7-17(8-4-15)14-30-25(18-9-5-16(2)6-10-18)22-23(28-29-24(22)26(30)32)20-13-19(27)11-12-21(20)31/h3-13,25,31H,14H2,1-2H3,(H,28,29). The molecular weight excluding hydrogens is 422 g/mol. The van der Waals surface area contributed by atoms with E-state index in [0.717, 1.165) is 22.3 Å². The van der Waals surface area contributed by atoms with Gasteiger partial charge in [-0.25, -0.2) is 0 Å². The summed E-state index contributed by atoms with van der Waals surface area (Å²) in [6.45, 7) is 4.54. The number of fused-ring (bicyclic) bond motifs is 1. The van der Waals surface area contributed by atoms with Gasteiger partial charge in [0.05, 0.1) is 6.04 Å². The number of hydrogen-bond acceptors (Lipinski definition) is 3. The Morgan fingerprint density at radius 3 is 2.34 bits per heavy atom. The number of carbonyl (C=O) groups excluding carboxylic acids is 1. The summed E-state index contributed by atoms with van der Waals surface area (Å²) in [6, 6.07) is 20.8. The quantitative estimate of drug-likeness (QED) is 0.419. The van der Waals surface area contributed by atoms with Crippen LogP contribution in [0.2, 0.25) is 5.02 Å². The zero-order chi connectivity index (χ0) is 22.4. The van der Waals surface area contributed by atoms with Crippen molar-refractivity contribution in [1.82, 2.24) is 15.1 Å². The van der Waals surface area contributed by atoms with Crippen LogP contribution in [0.1, 0.15) is 44.3 Å². The van der Waals surface area contributed by atoms with E-state index in [4.69, 9.17) is 11.6 Å². The lowest BCUT2D eigenvalue weighted by Crippen LogP contribution is -2.29. The molecule has 2 N–H and O–H groups in total. The molecule has 5 nitrogen and oxygen atoms in total. The maximum absolute atomic E-state index is 13.5. The van der Waals surface area contributed by atoms with Crippen molar-refractivity contribution in [2.24, 2.45) is 0 Å². The van der Waals surface area contributed by atoms with Crippen LogP contribution in [0.15, 0.2) is 66.7 Å². The Labute approximate surface area is 191 Å². The number of hydrogen-bond donors (Lipinski definition) is 2. The molecule has 0 radical (unpaired) electrons. The summed E-state index contributed by atoms with van der Waals surface area (Å²) in [5, 5.41) is 18.3. The zero-order valence-electron chi connectivity index (χ0n) is 17.8. The van der Waals surface area contributed by atoms with E-state index in [1.807, 2.05) is 67.3 Å². The largest absolute Gasteiger partial charge is 0.507 e. The number of phenols is 1. The van der Waals surface area contributed by atoms with E-state index in [2.05, 4.69) is 10.2 Å². The third-order valence-electron chi connectivity index (χ3n) is 5.94. The van der Waals surface area contributed by atoms with Gasteiger partial charge in [0.25, 0.3) is 5.91 Å². The van der Waals surface area contributed by atoms with E-state index in [-0.39, 0.29) is 17.7 Å². The normalized spacial score (nSPS) is 15.3. The maximum atomic E-state index is 13.5. The van der Waals surface area contributed by atoms with Crippen molar-refractivity contribution < 1.29 is 9.90 Å². The van der Waals surface area contributed by atoms with Crippen molar-refractivity contribution in [3.8, 4) is 17.0 Å². The van der Waals surface area contributed by atoms with Crippen LogP contribution in [-0.2, 0) is 6.54 Å². The number of benzene rings is 3. The summed E-state index contributed by atoms with van der Waals surface area (Å²) in [6.07, 6.45) is 0. The average molecular weight is 444 g/mol. The van der Waals surface area contributed by atoms with Gasteiger partial charge < -0.3 is 10.0 Å². The number of aromatic nitrogens is 2. The highest BCUT2D eigenvalue weighted by molar-refractivity contribution is 6.31. The Kier molecular flexibility index (Phi) is 4.98. The van der Waals surface area contributed by atoms with Crippen molar-refractivity contribution in [2.45, 2.75) is 26.4 Å². The second kappa shape index (κ2) is 7.84. The molecule has 160 valence electrons. The van der Waals surface area contributed by atoms with Gasteiger partial charge >= 0.3 is 0 Å². The predicted octanol–water partition coefficient (Wildman–Crippen LogP) is 5.80. The van der Waals surface area contributed by atoms with Crippen LogP contribution >= 0.6 is 11.6 Å². The zero-order valence-corrected chi connectivity index (χ0v) is 18.5. The fourth-order valence-electron chi connectivity index (χ4n) is 4.25. The lowest BCUT2D eigenvalue weighted by atomic mass is 9.95. The number of carbonyl (C=O) groups is 1. The molecular formula is C26H22ClN3O2. The Balaban J connectivity index is 1.66. The molecule has 3 aromatic carbocycles. The number of H-pyrrole nitrogens is 1. The summed E-state index contributed by atoms with van der Waals surface area (Å²) in [4.78, 5) is 15.3. The highest BCUT2D eigenvalue weighted by atomic mass is 35.5. The van der Waals surface area contributed by atoms with E-state index < -0.39 is 0 Å². The summed E-state index contributed by atoms with van der Waals surface area (Å²) in [5.41, 5.74) is 6.57. The first-order valence-corrected chi connectivity index (χ1v) is 10.8. The summed E-state index contributed by atoms with van der Waals surface area (Å²) in [7, 11) is 0. The fraction of sp³-hybridized carbons (Fsp3) is 0.154. The molecule has 6 heteroatoms. The number of aromatic amines is 1. The summed E-state index contributed by atoms with van der Waals surface area (Å²) in [5.74, 6) is -0.0535. The van der Waals surface area contributed by atoms with Crippen LogP contribution in [0.25, 0.3) is 11.3 Å². The SMILES string of the molecule is Cc1ccc(CN2C(=O)c3[nH]nc(-c4cc(Cl)ccc4O)c3C2c2ccc(C)cc2)cc1. The Bertz CT molecular complexity index is 1310. The Hall–Kier alpha value is -3.57. The molecule has 2 heterocycles. The molecule has 0 aliphatic carbocycles. The molecule has 5 rings (SSSR count). The molecule has 1 aliphatic rings. The van der Waals surface area contributed by atoms with Gasteiger partial charge in [0, 0.05) is 22.7 Å². The molecule has 1 atom stereocenters. The molecule has 4 aromatic rings. The van der Waals surface area contributed by atoms with Crippen LogP contribution in [0.5, 0.6) is 5.75 Å². The first-order valence-electron chi connectivity index (χ1n) is 10.4. The maximum Gasteiger partial charge on any atom is 0.273 e. The molecule has 1 unspecified atom stereocenters. The van der Waals surface area contributed by atoms with Crippen LogP contribution < -0.4 is 0 Å². The third kappa shape index (κ3) is 3.45. The van der Waals surface area contributed by atoms with Gasteiger partial charge in [-0.3, -0.25) is 9.89 Å². The predicted molar refractivity (Wildman–Crippen MR) is 125 cm³/mol. The van der Waals surface area contributed by atoms with E-state index in [1.54, 1.807) is 18.2 Å². The molecule has 0 spiro atoms. The van der Waals surface area contributed by atoms with E-state index in [0.29, 0.717) is 28.5 Å². The minimum Gasteiger partial charge on any atom is -0.507 e. The van der Waals surface area contributed by atoms with Gasteiger partial charge in [0.2, 0.25) is 0 Å². The number of rotatable bonds is 4. The fourth-order valence-corrected chi connectivity index (χ4v) is 4.42. The van der Waals surface area contributed by atoms with Gasteiger partial charge in [0.15, 0.2) is 0 Å². The number of phenolic OH excluding ortho intramolecular Hbond substituents is 1. The van der Waals surface area contributed by atoms with E-state index >= 15 is 0 Å². The molecule has 32 heavy (non-hydrogen) atoms. The Morgan fingerprint density at radius 1 is 1.00 bits per heavy atom.